The Hall–Kier alpha value is -3.38. The number of hydrogen-bond donors (Lipinski definition) is 0. The molecule has 0 bridgehead atoms. The summed E-state index contributed by atoms with van der Waals surface area (Å²) < 4.78 is 5.42. The van der Waals surface area contributed by atoms with Crippen LogP contribution in [0.3, 0.4) is 0 Å². The zero-order chi connectivity index (χ0) is 18.8. The van der Waals surface area contributed by atoms with Crippen molar-refractivity contribution in [1.29, 1.82) is 0 Å². The lowest BCUT2D eigenvalue weighted by Crippen LogP contribution is -2.44. The monoisotopic (exact) mass is 369 g/mol. The van der Waals surface area contributed by atoms with Crippen molar-refractivity contribution >= 4 is 0 Å². The maximum atomic E-state index is 5.42. The molecule has 0 atom stereocenters. The third-order valence-electron chi connectivity index (χ3n) is 4.98. The first-order valence-electron chi connectivity index (χ1n) is 9.33. The summed E-state index contributed by atoms with van der Waals surface area (Å²) in [4.78, 5) is 15.2. The summed E-state index contributed by atoms with van der Waals surface area (Å²) in [5.41, 5.74) is 3.79. The topological polar surface area (TPSA) is 67.9 Å². The van der Waals surface area contributed by atoms with Crippen LogP contribution in [0, 0.1) is 0 Å². The van der Waals surface area contributed by atoms with Crippen LogP contribution >= 0.6 is 0 Å². The summed E-state index contributed by atoms with van der Waals surface area (Å²) in [6.45, 7) is 2.75. The van der Waals surface area contributed by atoms with Gasteiger partial charge in [0.1, 0.15) is 0 Å². The molecule has 1 fully saturated rings. The predicted molar refractivity (Wildman–Crippen MR) is 105 cm³/mol. The van der Waals surface area contributed by atoms with Crippen molar-refractivity contribution in [2.75, 3.05) is 13.1 Å². The van der Waals surface area contributed by atoms with Gasteiger partial charge in [0.25, 0.3) is 0 Å². The van der Waals surface area contributed by atoms with E-state index in [4.69, 9.17) is 4.52 Å². The highest BCUT2D eigenvalue weighted by molar-refractivity contribution is 5.63. The Bertz CT molecular complexity index is 1040. The Labute approximate surface area is 162 Å². The van der Waals surface area contributed by atoms with Gasteiger partial charge in [0.05, 0.1) is 5.92 Å². The molecule has 4 aromatic rings. The van der Waals surface area contributed by atoms with Crippen LogP contribution in [0.2, 0.25) is 0 Å². The van der Waals surface area contributed by atoms with Crippen molar-refractivity contribution in [2.24, 2.45) is 0 Å². The van der Waals surface area contributed by atoms with E-state index in [0.29, 0.717) is 17.5 Å². The fraction of sp³-hybridized carbons (Fsp3) is 0.182. The molecule has 5 rings (SSSR count). The third kappa shape index (κ3) is 3.42. The number of likely N-dealkylation sites (tertiary alicyclic amines) is 1. The molecule has 0 radical (unpaired) electrons. The van der Waals surface area contributed by atoms with E-state index in [1.807, 2.05) is 6.07 Å². The van der Waals surface area contributed by atoms with E-state index in [2.05, 4.69) is 73.5 Å². The standard InChI is InChI=1S/C22H19N5O/c1-2-5-17(6-3-1)18-9-7-16(8-10-18)13-27-14-19(15-27)22-25-21(26-28-22)20-23-11-4-12-24-20/h1-12,19H,13-15H2. The summed E-state index contributed by atoms with van der Waals surface area (Å²) in [7, 11) is 0. The van der Waals surface area contributed by atoms with Crippen molar-refractivity contribution in [3.63, 3.8) is 0 Å². The van der Waals surface area contributed by atoms with Gasteiger partial charge < -0.3 is 4.52 Å². The van der Waals surface area contributed by atoms with E-state index in [1.54, 1.807) is 18.5 Å². The number of nitrogens with zero attached hydrogens (tertiary/aromatic N) is 5. The van der Waals surface area contributed by atoms with E-state index < -0.39 is 0 Å². The van der Waals surface area contributed by atoms with Crippen LogP contribution in [0.4, 0.5) is 0 Å². The molecule has 0 amide bonds. The van der Waals surface area contributed by atoms with Crippen LogP contribution in [0.25, 0.3) is 22.8 Å². The van der Waals surface area contributed by atoms with Gasteiger partial charge in [-0.25, -0.2) is 9.97 Å². The summed E-state index contributed by atoms with van der Waals surface area (Å²) >= 11 is 0. The quantitative estimate of drug-likeness (QED) is 0.533. The zero-order valence-corrected chi connectivity index (χ0v) is 15.3. The zero-order valence-electron chi connectivity index (χ0n) is 15.3. The molecule has 6 heteroatoms. The van der Waals surface area contributed by atoms with E-state index in [-0.39, 0.29) is 5.92 Å². The van der Waals surface area contributed by atoms with E-state index in [9.17, 15) is 0 Å². The van der Waals surface area contributed by atoms with Crippen molar-refractivity contribution in [1.82, 2.24) is 25.0 Å². The van der Waals surface area contributed by atoms with Gasteiger partial charge in [0.15, 0.2) is 0 Å². The van der Waals surface area contributed by atoms with Gasteiger partial charge in [-0.2, -0.15) is 4.98 Å². The minimum Gasteiger partial charge on any atom is -0.338 e. The third-order valence-corrected chi connectivity index (χ3v) is 4.98. The first kappa shape index (κ1) is 16.8. The first-order valence-corrected chi connectivity index (χ1v) is 9.33. The molecule has 2 aromatic heterocycles. The lowest BCUT2D eigenvalue weighted by Gasteiger charge is -2.37. The van der Waals surface area contributed by atoms with Crippen molar-refractivity contribution in [2.45, 2.75) is 12.5 Å². The highest BCUT2D eigenvalue weighted by Crippen LogP contribution is 2.28. The van der Waals surface area contributed by atoms with Gasteiger partial charge in [-0.05, 0) is 22.8 Å². The maximum absolute atomic E-state index is 5.42. The van der Waals surface area contributed by atoms with E-state index >= 15 is 0 Å². The molecule has 28 heavy (non-hydrogen) atoms. The van der Waals surface area contributed by atoms with Gasteiger partial charge in [0.2, 0.25) is 17.5 Å². The molecule has 1 aliphatic rings. The molecule has 0 N–H and O–H groups in total. The van der Waals surface area contributed by atoms with Crippen LogP contribution in [-0.4, -0.2) is 38.1 Å². The second kappa shape index (κ2) is 7.32. The Balaban J connectivity index is 1.18. The molecule has 0 spiro atoms. The smallest absolute Gasteiger partial charge is 0.240 e. The summed E-state index contributed by atoms with van der Waals surface area (Å²) in [5, 5.41) is 4.01. The minimum absolute atomic E-state index is 0.272. The molecule has 0 unspecified atom stereocenters. The molecular weight excluding hydrogens is 350 g/mol. The number of rotatable bonds is 5. The summed E-state index contributed by atoms with van der Waals surface area (Å²) in [5.74, 6) is 1.88. The van der Waals surface area contributed by atoms with Crippen molar-refractivity contribution in [3.05, 3.63) is 84.5 Å². The van der Waals surface area contributed by atoms with Gasteiger partial charge in [-0.3, -0.25) is 4.90 Å². The molecule has 0 aliphatic carbocycles. The number of hydrogen-bond acceptors (Lipinski definition) is 6. The SMILES string of the molecule is c1ccc(-c2ccc(CN3CC(c4nc(-c5ncccn5)no4)C3)cc2)cc1. The Morgan fingerprint density at radius 3 is 2.29 bits per heavy atom. The predicted octanol–water partition coefficient (Wildman–Crippen LogP) is 3.79. The van der Waals surface area contributed by atoms with Crippen LogP contribution in [0.5, 0.6) is 0 Å². The van der Waals surface area contributed by atoms with Gasteiger partial charge in [-0.1, -0.05) is 59.8 Å². The van der Waals surface area contributed by atoms with E-state index in [1.165, 1.54) is 16.7 Å². The molecule has 6 nitrogen and oxygen atoms in total. The molecule has 138 valence electrons. The Morgan fingerprint density at radius 2 is 1.54 bits per heavy atom. The van der Waals surface area contributed by atoms with Crippen LogP contribution in [0.1, 0.15) is 17.4 Å². The molecule has 3 heterocycles. The summed E-state index contributed by atoms with van der Waals surface area (Å²) in [6.07, 6.45) is 3.35. The van der Waals surface area contributed by atoms with Crippen molar-refractivity contribution < 1.29 is 4.52 Å². The van der Waals surface area contributed by atoms with Crippen LogP contribution < -0.4 is 0 Å². The second-order valence-corrected chi connectivity index (χ2v) is 6.98. The first-order chi connectivity index (χ1) is 13.8. The fourth-order valence-electron chi connectivity index (χ4n) is 3.45. The van der Waals surface area contributed by atoms with Gasteiger partial charge in [-0.15, -0.1) is 0 Å². The second-order valence-electron chi connectivity index (χ2n) is 6.98. The van der Waals surface area contributed by atoms with Crippen molar-refractivity contribution in [3.8, 4) is 22.8 Å². The molecular formula is C22H19N5O. The average Bonchev–Trinajstić information content (AvgIpc) is 3.22. The molecule has 1 aliphatic heterocycles. The van der Waals surface area contributed by atoms with Gasteiger partial charge in [0, 0.05) is 32.0 Å². The van der Waals surface area contributed by atoms with Crippen LogP contribution in [0.15, 0.2) is 77.6 Å². The Kier molecular flexibility index (Phi) is 4.39. The maximum Gasteiger partial charge on any atom is 0.240 e. The molecule has 2 aromatic carbocycles. The fourth-order valence-corrected chi connectivity index (χ4v) is 3.45. The number of aromatic nitrogens is 4. The Morgan fingerprint density at radius 1 is 0.821 bits per heavy atom. The molecule has 0 saturated carbocycles. The highest BCUT2D eigenvalue weighted by Gasteiger charge is 2.32. The van der Waals surface area contributed by atoms with E-state index in [0.717, 1.165) is 19.6 Å². The lowest BCUT2D eigenvalue weighted by atomic mass is 9.98. The van der Waals surface area contributed by atoms with Crippen LogP contribution in [-0.2, 0) is 6.54 Å². The normalized spacial score (nSPS) is 14.7. The largest absolute Gasteiger partial charge is 0.338 e. The summed E-state index contributed by atoms with van der Waals surface area (Å²) in [6, 6.07) is 21.0. The number of benzene rings is 2. The molecule has 1 saturated heterocycles. The average molecular weight is 369 g/mol. The minimum atomic E-state index is 0.272. The highest BCUT2D eigenvalue weighted by atomic mass is 16.5. The lowest BCUT2D eigenvalue weighted by molar-refractivity contribution is 0.117. The van der Waals surface area contributed by atoms with Gasteiger partial charge >= 0.3 is 0 Å².